The summed E-state index contributed by atoms with van der Waals surface area (Å²) < 4.78 is 10.9. The van der Waals surface area contributed by atoms with Crippen molar-refractivity contribution in [2.24, 2.45) is 5.92 Å². The second kappa shape index (κ2) is 7.21. The van der Waals surface area contributed by atoms with Crippen LogP contribution >= 0.6 is 0 Å². The smallest absolute Gasteiger partial charge is 0.0581 e. The van der Waals surface area contributed by atoms with Gasteiger partial charge in [0.25, 0.3) is 0 Å². The minimum absolute atomic E-state index is 0.523. The average Bonchev–Trinajstić information content (AvgIpc) is 2.13. The summed E-state index contributed by atoms with van der Waals surface area (Å²) in [6.45, 7) is 5.67. The highest BCUT2D eigenvalue weighted by molar-refractivity contribution is 4.81. The van der Waals surface area contributed by atoms with Crippen LogP contribution in [0.15, 0.2) is 0 Å². The molecule has 0 aliphatic heterocycles. The van der Waals surface area contributed by atoms with Crippen LogP contribution in [0.25, 0.3) is 0 Å². The molecule has 0 saturated heterocycles. The molecule has 0 atom stereocenters. The van der Waals surface area contributed by atoms with Crippen molar-refractivity contribution in [1.82, 2.24) is 5.32 Å². The van der Waals surface area contributed by atoms with Crippen molar-refractivity contribution in [3.05, 3.63) is 0 Å². The van der Waals surface area contributed by atoms with Crippen molar-refractivity contribution in [2.75, 3.05) is 33.4 Å². The van der Waals surface area contributed by atoms with Gasteiger partial charge in [-0.3, -0.25) is 0 Å². The molecule has 3 heteroatoms. The van der Waals surface area contributed by atoms with Crippen LogP contribution < -0.4 is 5.32 Å². The molecule has 0 aromatic carbocycles. The van der Waals surface area contributed by atoms with Crippen molar-refractivity contribution < 1.29 is 9.47 Å². The van der Waals surface area contributed by atoms with Crippen LogP contribution in [-0.2, 0) is 9.47 Å². The van der Waals surface area contributed by atoms with Gasteiger partial charge < -0.3 is 14.8 Å². The lowest BCUT2D eigenvalue weighted by atomic mass is 9.82. The number of hydrogen-bond donors (Lipinski definition) is 1. The third-order valence-electron chi connectivity index (χ3n) is 2.68. The molecule has 0 heterocycles. The first-order valence-electron chi connectivity index (χ1n) is 5.70. The molecule has 0 unspecified atom stereocenters. The Morgan fingerprint density at radius 3 is 2.71 bits per heavy atom. The molecule has 0 aromatic heterocycles. The van der Waals surface area contributed by atoms with Gasteiger partial charge >= 0.3 is 0 Å². The Balaban J connectivity index is 1.81. The van der Waals surface area contributed by atoms with E-state index in [1.165, 1.54) is 12.8 Å². The van der Waals surface area contributed by atoms with E-state index in [-0.39, 0.29) is 0 Å². The van der Waals surface area contributed by atoms with E-state index in [9.17, 15) is 0 Å². The van der Waals surface area contributed by atoms with Gasteiger partial charge in [-0.25, -0.2) is 0 Å². The van der Waals surface area contributed by atoms with Gasteiger partial charge in [0.2, 0.25) is 0 Å². The monoisotopic (exact) mass is 201 g/mol. The second-order valence-electron chi connectivity index (χ2n) is 3.94. The molecule has 0 bridgehead atoms. The number of rotatable bonds is 8. The Morgan fingerprint density at radius 2 is 2.07 bits per heavy atom. The molecule has 1 N–H and O–H groups in total. The Kier molecular flexibility index (Phi) is 6.15. The predicted octanol–water partition coefficient (Wildman–Crippen LogP) is 1.43. The largest absolute Gasteiger partial charge is 0.382 e. The van der Waals surface area contributed by atoms with Gasteiger partial charge in [0.15, 0.2) is 0 Å². The maximum absolute atomic E-state index is 5.69. The number of nitrogens with one attached hydrogen (secondary N) is 1. The van der Waals surface area contributed by atoms with Crippen LogP contribution in [0.5, 0.6) is 0 Å². The fourth-order valence-electron chi connectivity index (χ4n) is 1.82. The van der Waals surface area contributed by atoms with Crippen LogP contribution in [0.1, 0.15) is 26.2 Å². The first-order chi connectivity index (χ1) is 6.86. The maximum atomic E-state index is 5.69. The topological polar surface area (TPSA) is 30.5 Å². The fourth-order valence-corrected chi connectivity index (χ4v) is 1.82. The summed E-state index contributed by atoms with van der Waals surface area (Å²) in [5.74, 6) is 0.844. The predicted molar refractivity (Wildman–Crippen MR) is 57.5 cm³/mol. The zero-order chi connectivity index (χ0) is 10.2. The lowest BCUT2D eigenvalue weighted by molar-refractivity contribution is -0.0361. The van der Waals surface area contributed by atoms with Gasteiger partial charge in [-0.15, -0.1) is 0 Å². The highest BCUT2D eigenvalue weighted by atomic mass is 16.5. The molecule has 1 aliphatic rings. The maximum Gasteiger partial charge on any atom is 0.0581 e. The van der Waals surface area contributed by atoms with Gasteiger partial charge in [-0.2, -0.15) is 0 Å². The highest BCUT2D eigenvalue weighted by Gasteiger charge is 2.28. The lowest BCUT2D eigenvalue weighted by Gasteiger charge is -2.35. The van der Waals surface area contributed by atoms with Crippen LogP contribution in [0.3, 0.4) is 0 Å². The summed E-state index contributed by atoms with van der Waals surface area (Å²) in [5, 5.41) is 3.20. The molecule has 1 fully saturated rings. The minimum atomic E-state index is 0.523. The summed E-state index contributed by atoms with van der Waals surface area (Å²) >= 11 is 0. The van der Waals surface area contributed by atoms with E-state index < -0.39 is 0 Å². The van der Waals surface area contributed by atoms with Crippen LogP contribution in [-0.4, -0.2) is 39.5 Å². The van der Waals surface area contributed by atoms with Crippen LogP contribution in [0.2, 0.25) is 0 Å². The average molecular weight is 201 g/mol. The zero-order valence-electron chi connectivity index (χ0n) is 9.42. The number of hydrogen-bond acceptors (Lipinski definition) is 3. The van der Waals surface area contributed by atoms with E-state index in [4.69, 9.17) is 9.47 Å². The Morgan fingerprint density at radius 1 is 1.29 bits per heavy atom. The van der Waals surface area contributed by atoms with Crippen LogP contribution in [0, 0.1) is 5.92 Å². The van der Waals surface area contributed by atoms with E-state index in [2.05, 4.69) is 5.32 Å². The van der Waals surface area contributed by atoms with E-state index in [0.717, 1.165) is 38.7 Å². The summed E-state index contributed by atoms with van der Waals surface area (Å²) in [7, 11) is 2.01. The summed E-state index contributed by atoms with van der Waals surface area (Å²) in [5.41, 5.74) is 0. The molecular weight excluding hydrogens is 178 g/mol. The van der Waals surface area contributed by atoms with Gasteiger partial charge in [0.05, 0.1) is 6.10 Å². The quantitative estimate of drug-likeness (QED) is 0.603. The lowest BCUT2D eigenvalue weighted by Crippen LogP contribution is -2.37. The summed E-state index contributed by atoms with van der Waals surface area (Å²) in [4.78, 5) is 0. The Hall–Kier alpha value is -0.120. The minimum Gasteiger partial charge on any atom is -0.382 e. The molecule has 1 rings (SSSR count). The molecule has 0 spiro atoms. The van der Waals surface area contributed by atoms with E-state index >= 15 is 0 Å². The first kappa shape index (κ1) is 12.0. The van der Waals surface area contributed by atoms with Crippen molar-refractivity contribution in [2.45, 2.75) is 32.3 Å². The highest BCUT2D eigenvalue weighted by Crippen LogP contribution is 2.29. The molecule has 1 saturated carbocycles. The first-order valence-corrected chi connectivity index (χ1v) is 5.70. The van der Waals surface area contributed by atoms with E-state index in [1.807, 2.05) is 14.0 Å². The van der Waals surface area contributed by atoms with Gasteiger partial charge in [0, 0.05) is 19.8 Å². The second-order valence-corrected chi connectivity index (χ2v) is 3.94. The van der Waals surface area contributed by atoms with E-state index in [1.54, 1.807) is 0 Å². The van der Waals surface area contributed by atoms with Crippen molar-refractivity contribution in [3.8, 4) is 0 Å². The molecule has 14 heavy (non-hydrogen) atoms. The molecule has 0 aromatic rings. The molecule has 1 aliphatic carbocycles. The number of ether oxygens (including phenoxy) is 2. The normalized spacial score (nSPS) is 26.1. The van der Waals surface area contributed by atoms with Crippen molar-refractivity contribution in [1.29, 1.82) is 0 Å². The van der Waals surface area contributed by atoms with Gasteiger partial charge in [0.1, 0.15) is 0 Å². The van der Waals surface area contributed by atoms with E-state index in [0.29, 0.717) is 6.10 Å². The third-order valence-corrected chi connectivity index (χ3v) is 2.68. The zero-order valence-corrected chi connectivity index (χ0v) is 9.42. The molecule has 0 amide bonds. The Bertz CT molecular complexity index is 135. The standard InChI is InChI=1S/C11H23NO2/c1-3-13-5-4-6-14-11-7-10(8-11)9-12-2/h10-12H,3-9H2,1-2H3. The summed E-state index contributed by atoms with van der Waals surface area (Å²) in [6.07, 6.45) is 4.02. The van der Waals surface area contributed by atoms with Gasteiger partial charge in [-0.05, 0) is 45.7 Å². The van der Waals surface area contributed by atoms with Crippen molar-refractivity contribution in [3.63, 3.8) is 0 Å². The molecule has 84 valence electrons. The third kappa shape index (κ3) is 4.40. The SMILES string of the molecule is CCOCCCOC1CC(CNC)C1. The molecular formula is C11H23NO2. The summed E-state index contributed by atoms with van der Waals surface area (Å²) in [6, 6.07) is 0. The van der Waals surface area contributed by atoms with Crippen LogP contribution in [0.4, 0.5) is 0 Å². The van der Waals surface area contributed by atoms with Crippen molar-refractivity contribution >= 4 is 0 Å². The molecule has 0 radical (unpaired) electrons. The fraction of sp³-hybridized carbons (Fsp3) is 1.00. The molecule has 3 nitrogen and oxygen atoms in total. The van der Waals surface area contributed by atoms with Gasteiger partial charge in [-0.1, -0.05) is 0 Å². The Labute approximate surface area is 87.2 Å².